The van der Waals surface area contributed by atoms with E-state index in [0.717, 1.165) is 16.2 Å². The molecule has 1 heterocycles. The number of carbonyl (C=O) groups is 1. The second kappa shape index (κ2) is 8.43. The lowest BCUT2D eigenvalue weighted by Gasteiger charge is -2.07. The smallest absolute Gasteiger partial charge is 0.278 e. The number of fused-ring (bicyclic) bond motifs is 1. The van der Waals surface area contributed by atoms with Crippen molar-refractivity contribution in [2.75, 3.05) is 12.3 Å². The summed E-state index contributed by atoms with van der Waals surface area (Å²) in [5.74, 6) is 1.47. The molecule has 1 N–H and O–H groups in total. The SMILES string of the molecule is O=C(Cn1nnc2ccccc2c1=O)NCCSCc1ccccc1. The van der Waals surface area contributed by atoms with Crippen LogP contribution in [0, 0.1) is 0 Å². The van der Waals surface area contributed by atoms with E-state index in [0.29, 0.717) is 17.4 Å². The normalized spacial score (nSPS) is 10.7. The molecule has 6 nitrogen and oxygen atoms in total. The van der Waals surface area contributed by atoms with Gasteiger partial charge in [-0.2, -0.15) is 11.8 Å². The summed E-state index contributed by atoms with van der Waals surface area (Å²) in [6.45, 7) is 0.423. The van der Waals surface area contributed by atoms with Crippen molar-refractivity contribution in [1.82, 2.24) is 20.3 Å². The summed E-state index contributed by atoms with van der Waals surface area (Å²) in [6, 6.07) is 17.1. The second-order valence-electron chi connectivity index (χ2n) is 5.46. The number of nitrogens with zero attached hydrogens (tertiary/aromatic N) is 3. The Morgan fingerprint density at radius 2 is 1.84 bits per heavy atom. The van der Waals surface area contributed by atoms with Gasteiger partial charge in [0.25, 0.3) is 5.56 Å². The van der Waals surface area contributed by atoms with Gasteiger partial charge in [-0.05, 0) is 17.7 Å². The first kappa shape index (κ1) is 17.2. The number of amides is 1. The highest BCUT2D eigenvalue weighted by molar-refractivity contribution is 7.98. The molecule has 0 radical (unpaired) electrons. The highest BCUT2D eigenvalue weighted by Gasteiger charge is 2.08. The minimum Gasteiger partial charge on any atom is -0.354 e. The maximum atomic E-state index is 12.3. The number of rotatable bonds is 7. The van der Waals surface area contributed by atoms with Crippen LogP contribution >= 0.6 is 11.8 Å². The van der Waals surface area contributed by atoms with Crippen LogP contribution in [-0.4, -0.2) is 33.2 Å². The number of thioether (sulfide) groups is 1. The van der Waals surface area contributed by atoms with E-state index in [2.05, 4.69) is 27.8 Å². The molecule has 0 aliphatic carbocycles. The summed E-state index contributed by atoms with van der Waals surface area (Å²) in [5, 5.41) is 11.1. The van der Waals surface area contributed by atoms with Crippen LogP contribution < -0.4 is 10.9 Å². The molecule has 0 unspecified atom stereocenters. The number of aromatic nitrogens is 3. The summed E-state index contributed by atoms with van der Waals surface area (Å²) < 4.78 is 1.09. The molecule has 0 fully saturated rings. The van der Waals surface area contributed by atoms with Crippen LogP contribution in [0.5, 0.6) is 0 Å². The Labute approximate surface area is 149 Å². The van der Waals surface area contributed by atoms with Gasteiger partial charge in [-0.15, -0.1) is 5.10 Å². The van der Waals surface area contributed by atoms with E-state index < -0.39 is 0 Å². The van der Waals surface area contributed by atoms with Crippen LogP contribution in [0.4, 0.5) is 0 Å². The number of hydrogen-bond acceptors (Lipinski definition) is 5. The lowest BCUT2D eigenvalue weighted by Crippen LogP contribution is -2.35. The molecule has 3 rings (SSSR count). The predicted octanol–water partition coefficient (Wildman–Crippen LogP) is 1.84. The molecular weight excluding hydrogens is 336 g/mol. The van der Waals surface area contributed by atoms with E-state index in [9.17, 15) is 9.59 Å². The van der Waals surface area contributed by atoms with Crippen molar-refractivity contribution in [3.8, 4) is 0 Å². The number of benzene rings is 2. The quantitative estimate of drug-likeness (QED) is 0.655. The Morgan fingerprint density at radius 1 is 1.08 bits per heavy atom. The molecule has 2 aromatic carbocycles. The van der Waals surface area contributed by atoms with Crippen molar-refractivity contribution in [2.24, 2.45) is 0 Å². The van der Waals surface area contributed by atoms with Gasteiger partial charge in [0, 0.05) is 18.1 Å². The predicted molar refractivity (Wildman–Crippen MR) is 99.4 cm³/mol. The lowest BCUT2D eigenvalue weighted by molar-refractivity contribution is -0.121. The van der Waals surface area contributed by atoms with E-state index in [1.807, 2.05) is 18.2 Å². The van der Waals surface area contributed by atoms with Gasteiger partial charge >= 0.3 is 0 Å². The molecule has 0 spiro atoms. The van der Waals surface area contributed by atoms with Gasteiger partial charge in [-0.3, -0.25) is 9.59 Å². The van der Waals surface area contributed by atoms with Gasteiger partial charge in [0.2, 0.25) is 5.91 Å². The molecule has 25 heavy (non-hydrogen) atoms. The van der Waals surface area contributed by atoms with E-state index in [1.54, 1.807) is 36.0 Å². The first-order valence-corrected chi connectivity index (χ1v) is 9.10. The summed E-state index contributed by atoms with van der Waals surface area (Å²) >= 11 is 1.75. The van der Waals surface area contributed by atoms with E-state index in [1.165, 1.54) is 5.56 Å². The van der Waals surface area contributed by atoms with E-state index in [4.69, 9.17) is 0 Å². The fourth-order valence-corrected chi connectivity index (χ4v) is 3.16. The van der Waals surface area contributed by atoms with Crippen LogP contribution in [0.25, 0.3) is 10.9 Å². The van der Waals surface area contributed by atoms with Gasteiger partial charge in [0.15, 0.2) is 0 Å². The van der Waals surface area contributed by atoms with Gasteiger partial charge in [0.05, 0.1) is 5.39 Å². The average Bonchev–Trinajstić information content (AvgIpc) is 2.65. The molecule has 0 saturated carbocycles. The zero-order valence-electron chi connectivity index (χ0n) is 13.6. The van der Waals surface area contributed by atoms with Crippen LogP contribution in [-0.2, 0) is 17.1 Å². The maximum absolute atomic E-state index is 12.3. The van der Waals surface area contributed by atoms with Crippen molar-refractivity contribution in [3.63, 3.8) is 0 Å². The average molecular weight is 354 g/mol. The molecule has 0 aliphatic heterocycles. The Morgan fingerprint density at radius 3 is 2.68 bits per heavy atom. The standard InChI is InChI=1S/C18H18N4O2S/c23-17(19-10-11-25-13-14-6-2-1-3-7-14)12-22-18(24)15-8-4-5-9-16(15)20-21-22/h1-9H,10-13H2,(H,19,23). The van der Waals surface area contributed by atoms with Crippen LogP contribution in [0.15, 0.2) is 59.4 Å². The minimum absolute atomic E-state index is 0.125. The minimum atomic E-state index is -0.306. The van der Waals surface area contributed by atoms with E-state index in [-0.39, 0.29) is 18.0 Å². The molecule has 7 heteroatoms. The number of nitrogens with one attached hydrogen (secondary N) is 1. The molecule has 128 valence electrons. The van der Waals surface area contributed by atoms with Crippen molar-refractivity contribution in [3.05, 3.63) is 70.5 Å². The summed E-state index contributed by atoms with van der Waals surface area (Å²) in [5.41, 5.74) is 1.48. The fourth-order valence-electron chi connectivity index (χ4n) is 2.35. The van der Waals surface area contributed by atoms with Gasteiger partial charge in [-0.1, -0.05) is 47.7 Å². The van der Waals surface area contributed by atoms with Crippen LogP contribution in [0.3, 0.4) is 0 Å². The third-order valence-corrected chi connectivity index (χ3v) is 4.63. The summed E-state index contributed by atoms with van der Waals surface area (Å²) in [7, 11) is 0. The highest BCUT2D eigenvalue weighted by Crippen LogP contribution is 2.10. The van der Waals surface area contributed by atoms with Crippen molar-refractivity contribution >= 4 is 28.6 Å². The molecule has 0 atom stereocenters. The van der Waals surface area contributed by atoms with Crippen molar-refractivity contribution in [2.45, 2.75) is 12.3 Å². The summed E-state index contributed by atoms with van der Waals surface area (Å²) in [4.78, 5) is 24.3. The monoisotopic (exact) mass is 354 g/mol. The molecule has 1 aromatic heterocycles. The molecule has 1 amide bonds. The Balaban J connectivity index is 1.46. The van der Waals surface area contributed by atoms with Crippen molar-refractivity contribution < 1.29 is 4.79 Å². The molecule has 3 aromatic rings. The zero-order chi connectivity index (χ0) is 17.5. The Hall–Kier alpha value is -2.67. The first-order chi connectivity index (χ1) is 12.2. The van der Waals surface area contributed by atoms with Gasteiger partial charge in [-0.25, -0.2) is 4.68 Å². The fraction of sp³-hybridized carbons (Fsp3) is 0.222. The van der Waals surface area contributed by atoms with Crippen LogP contribution in [0.2, 0.25) is 0 Å². The molecule has 0 bridgehead atoms. The lowest BCUT2D eigenvalue weighted by atomic mass is 10.2. The van der Waals surface area contributed by atoms with Gasteiger partial charge < -0.3 is 5.32 Å². The highest BCUT2D eigenvalue weighted by atomic mass is 32.2. The van der Waals surface area contributed by atoms with Crippen LogP contribution in [0.1, 0.15) is 5.56 Å². The molecular formula is C18H18N4O2S. The topological polar surface area (TPSA) is 76.9 Å². The summed E-state index contributed by atoms with van der Waals surface area (Å²) in [6.07, 6.45) is 0. The Bertz CT molecular complexity index is 912. The van der Waals surface area contributed by atoms with E-state index >= 15 is 0 Å². The van der Waals surface area contributed by atoms with Gasteiger partial charge in [0.1, 0.15) is 12.1 Å². The largest absolute Gasteiger partial charge is 0.354 e. The first-order valence-electron chi connectivity index (χ1n) is 7.95. The number of hydrogen-bond donors (Lipinski definition) is 1. The Kier molecular flexibility index (Phi) is 5.79. The zero-order valence-corrected chi connectivity index (χ0v) is 14.4. The third kappa shape index (κ3) is 4.67. The van der Waals surface area contributed by atoms with Crippen molar-refractivity contribution in [1.29, 1.82) is 0 Å². The third-order valence-electron chi connectivity index (χ3n) is 3.60. The maximum Gasteiger partial charge on any atom is 0.278 e. The molecule has 0 saturated heterocycles. The molecule has 0 aliphatic rings. The second-order valence-corrected chi connectivity index (χ2v) is 6.56. The number of carbonyl (C=O) groups excluding carboxylic acids is 1.